The quantitative estimate of drug-likeness (QED) is 0.770. The lowest BCUT2D eigenvalue weighted by molar-refractivity contribution is 0.794. The lowest BCUT2D eigenvalue weighted by atomic mass is 10.2. The van der Waals surface area contributed by atoms with Crippen LogP contribution in [0.4, 0.5) is 5.69 Å². The molecule has 1 N–H and O–H groups in total. The molecule has 1 aromatic rings. The summed E-state index contributed by atoms with van der Waals surface area (Å²) in [7, 11) is 4.07. The van der Waals surface area contributed by atoms with E-state index in [0.717, 1.165) is 19.5 Å². The van der Waals surface area contributed by atoms with Gasteiger partial charge in [-0.05, 0) is 25.1 Å². The summed E-state index contributed by atoms with van der Waals surface area (Å²) in [6.45, 7) is 4.15. The summed E-state index contributed by atoms with van der Waals surface area (Å²) in [5.74, 6) is 0. The first-order valence-electron chi connectivity index (χ1n) is 5.08. The first-order chi connectivity index (χ1) is 6.79. The van der Waals surface area contributed by atoms with E-state index in [4.69, 9.17) is 0 Å². The number of nitrogens with zero attached hydrogens (tertiary/aromatic N) is 2. The van der Waals surface area contributed by atoms with Gasteiger partial charge in [0.15, 0.2) is 0 Å². The molecule has 14 heavy (non-hydrogen) atoms. The summed E-state index contributed by atoms with van der Waals surface area (Å²) >= 11 is 0. The number of anilines is 1. The van der Waals surface area contributed by atoms with Gasteiger partial charge in [-0.3, -0.25) is 4.98 Å². The molecule has 0 fully saturated rings. The van der Waals surface area contributed by atoms with E-state index in [9.17, 15) is 0 Å². The van der Waals surface area contributed by atoms with Crippen molar-refractivity contribution in [2.24, 2.45) is 0 Å². The second kappa shape index (κ2) is 5.60. The molecule has 0 amide bonds. The van der Waals surface area contributed by atoms with E-state index < -0.39 is 0 Å². The van der Waals surface area contributed by atoms with E-state index in [1.807, 2.05) is 19.4 Å². The van der Waals surface area contributed by atoms with Crippen LogP contribution in [0.15, 0.2) is 18.5 Å². The lowest BCUT2D eigenvalue weighted by Gasteiger charge is -2.21. The predicted octanol–water partition coefficient (Wildman–Crippen LogP) is 1.65. The van der Waals surface area contributed by atoms with Gasteiger partial charge in [0.25, 0.3) is 0 Å². The Morgan fingerprint density at radius 1 is 1.50 bits per heavy atom. The standard InChI is InChI=1S/C11H19N3/c1-4-7-14(3)11-9-13-6-5-10(11)8-12-2/h5-6,9,12H,4,7-8H2,1-3H3. The number of pyridine rings is 1. The van der Waals surface area contributed by atoms with Gasteiger partial charge in [0.05, 0.1) is 11.9 Å². The molecule has 0 saturated carbocycles. The van der Waals surface area contributed by atoms with Crippen molar-refractivity contribution >= 4 is 5.69 Å². The normalized spacial score (nSPS) is 10.2. The van der Waals surface area contributed by atoms with Gasteiger partial charge >= 0.3 is 0 Å². The van der Waals surface area contributed by atoms with Crippen molar-refractivity contribution < 1.29 is 0 Å². The van der Waals surface area contributed by atoms with Gasteiger partial charge in [0.2, 0.25) is 0 Å². The maximum Gasteiger partial charge on any atom is 0.0595 e. The van der Waals surface area contributed by atoms with Crippen LogP contribution < -0.4 is 10.2 Å². The molecule has 1 rings (SSSR count). The zero-order valence-corrected chi connectivity index (χ0v) is 9.25. The minimum absolute atomic E-state index is 0.895. The Kier molecular flexibility index (Phi) is 4.40. The highest BCUT2D eigenvalue weighted by atomic mass is 15.1. The Morgan fingerprint density at radius 2 is 2.29 bits per heavy atom. The van der Waals surface area contributed by atoms with Crippen molar-refractivity contribution in [1.82, 2.24) is 10.3 Å². The molecule has 0 aliphatic heterocycles. The Morgan fingerprint density at radius 3 is 2.93 bits per heavy atom. The highest BCUT2D eigenvalue weighted by Gasteiger charge is 2.05. The second-order valence-corrected chi connectivity index (χ2v) is 3.46. The topological polar surface area (TPSA) is 28.2 Å². The average molecular weight is 193 g/mol. The van der Waals surface area contributed by atoms with Crippen LogP contribution in [0.1, 0.15) is 18.9 Å². The molecular formula is C11H19N3. The molecule has 1 aromatic heterocycles. The van der Waals surface area contributed by atoms with Crippen molar-refractivity contribution in [3.8, 4) is 0 Å². The molecular weight excluding hydrogens is 174 g/mol. The number of nitrogens with one attached hydrogen (secondary N) is 1. The van der Waals surface area contributed by atoms with E-state index in [1.165, 1.54) is 11.3 Å². The zero-order chi connectivity index (χ0) is 10.4. The molecule has 0 aliphatic carbocycles. The van der Waals surface area contributed by atoms with Crippen LogP contribution in [-0.2, 0) is 6.54 Å². The van der Waals surface area contributed by atoms with Gasteiger partial charge < -0.3 is 10.2 Å². The summed E-state index contributed by atoms with van der Waals surface area (Å²) in [4.78, 5) is 6.41. The Hall–Kier alpha value is -1.09. The molecule has 0 bridgehead atoms. The number of aromatic nitrogens is 1. The van der Waals surface area contributed by atoms with Crippen LogP contribution >= 0.6 is 0 Å². The van der Waals surface area contributed by atoms with Gasteiger partial charge in [-0.1, -0.05) is 6.92 Å². The minimum Gasteiger partial charge on any atom is -0.373 e. The van der Waals surface area contributed by atoms with Crippen molar-refractivity contribution in [3.63, 3.8) is 0 Å². The molecule has 0 atom stereocenters. The fourth-order valence-electron chi connectivity index (χ4n) is 1.55. The Bertz CT molecular complexity index is 273. The molecule has 0 radical (unpaired) electrons. The van der Waals surface area contributed by atoms with Crippen LogP contribution in [0.3, 0.4) is 0 Å². The maximum atomic E-state index is 4.16. The average Bonchev–Trinajstić information content (AvgIpc) is 2.19. The SMILES string of the molecule is CCCN(C)c1cnccc1CNC. The van der Waals surface area contributed by atoms with Gasteiger partial charge in [-0.2, -0.15) is 0 Å². The summed E-state index contributed by atoms with van der Waals surface area (Å²) in [5, 5.41) is 3.17. The van der Waals surface area contributed by atoms with E-state index in [2.05, 4.69) is 35.2 Å². The molecule has 0 saturated heterocycles. The summed E-state index contributed by atoms with van der Waals surface area (Å²) < 4.78 is 0. The van der Waals surface area contributed by atoms with Crippen LogP contribution in [0.25, 0.3) is 0 Å². The zero-order valence-electron chi connectivity index (χ0n) is 9.25. The van der Waals surface area contributed by atoms with Gasteiger partial charge in [0.1, 0.15) is 0 Å². The third-order valence-electron chi connectivity index (χ3n) is 2.23. The first kappa shape index (κ1) is 11.0. The number of hydrogen-bond donors (Lipinski definition) is 1. The van der Waals surface area contributed by atoms with Gasteiger partial charge in [0, 0.05) is 26.3 Å². The number of rotatable bonds is 5. The van der Waals surface area contributed by atoms with Crippen LogP contribution in [-0.4, -0.2) is 25.6 Å². The fourth-order valence-corrected chi connectivity index (χ4v) is 1.55. The third kappa shape index (κ3) is 2.70. The molecule has 0 aromatic carbocycles. The van der Waals surface area contributed by atoms with Gasteiger partial charge in [-0.15, -0.1) is 0 Å². The smallest absolute Gasteiger partial charge is 0.0595 e. The van der Waals surface area contributed by atoms with E-state index in [-0.39, 0.29) is 0 Å². The summed E-state index contributed by atoms with van der Waals surface area (Å²) in [6.07, 6.45) is 4.93. The molecule has 3 heteroatoms. The van der Waals surface area contributed by atoms with E-state index in [0.29, 0.717) is 0 Å². The van der Waals surface area contributed by atoms with Crippen molar-refractivity contribution in [3.05, 3.63) is 24.0 Å². The van der Waals surface area contributed by atoms with E-state index in [1.54, 1.807) is 0 Å². The Balaban J connectivity index is 2.82. The first-order valence-corrected chi connectivity index (χ1v) is 5.08. The molecule has 1 heterocycles. The molecule has 3 nitrogen and oxygen atoms in total. The van der Waals surface area contributed by atoms with Crippen LogP contribution in [0.5, 0.6) is 0 Å². The largest absolute Gasteiger partial charge is 0.373 e. The summed E-state index contributed by atoms with van der Waals surface area (Å²) in [5.41, 5.74) is 2.53. The van der Waals surface area contributed by atoms with Crippen LogP contribution in [0, 0.1) is 0 Å². The molecule has 0 spiro atoms. The fraction of sp³-hybridized carbons (Fsp3) is 0.545. The highest BCUT2D eigenvalue weighted by molar-refractivity contribution is 5.50. The predicted molar refractivity (Wildman–Crippen MR) is 60.6 cm³/mol. The number of hydrogen-bond acceptors (Lipinski definition) is 3. The molecule has 78 valence electrons. The Labute approximate surface area is 86.2 Å². The third-order valence-corrected chi connectivity index (χ3v) is 2.23. The van der Waals surface area contributed by atoms with Crippen molar-refractivity contribution in [2.45, 2.75) is 19.9 Å². The minimum atomic E-state index is 0.895. The highest BCUT2D eigenvalue weighted by Crippen LogP contribution is 2.17. The summed E-state index contributed by atoms with van der Waals surface area (Å²) in [6, 6.07) is 2.07. The molecule has 0 aliphatic rings. The lowest BCUT2D eigenvalue weighted by Crippen LogP contribution is -2.20. The van der Waals surface area contributed by atoms with Gasteiger partial charge in [-0.25, -0.2) is 0 Å². The maximum absolute atomic E-state index is 4.16. The monoisotopic (exact) mass is 193 g/mol. The van der Waals surface area contributed by atoms with Crippen molar-refractivity contribution in [2.75, 3.05) is 25.5 Å². The molecule has 0 unspecified atom stereocenters. The van der Waals surface area contributed by atoms with Crippen LogP contribution in [0.2, 0.25) is 0 Å². The second-order valence-electron chi connectivity index (χ2n) is 3.46. The van der Waals surface area contributed by atoms with Crippen molar-refractivity contribution in [1.29, 1.82) is 0 Å². The van der Waals surface area contributed by atoms with E-state index >= 15 is 0 Å².